The first kappa shape index (κ1) is 38.3. The Labute approximate surface area is 312 Å². The number of amides is 2. The van der Waals surface area contributed by atoms with Gasteiger partial charge in [0.05, 0.1) is 18.8 Å². The Balaban J connectivity index is 1.08. The first-order chi connectivity index (χ1) is 26.0. The van der Waals surface area contributed by atoms with Gasteiger partial charge in [-0.05, 0) is 46.2 Å². The van der Waals surface area contributed by atoms with Crippen LogP contribution in [-0.4, -0.2) is 70.8 Å². The van der Waals surface area contributed by atoms with Gasteiger partial charge in [0.1, 0.15) is 0 Å². The molecule has 2 aliphatic rings. The Hall–Kier alpha value is -4.42. The summed E-state index contributed by atoms with van der Waals surface area (Å²) in [6.07, 6.45) is 2.74. The number of rotatable bonds is 16. The van der Waals surface area contributed by atoms with Crippen LogP contribution in [0.3, 0.4) is 0 Å². The lowest BCUT2D eigenvalue weighted by atomic mass is 9.97. The maximum Gasteiger partial charge on any atom is 0.243 e. The first-order valence-electron chi connectivity index (χ1n) is 18.8. The fraction of sp³-hybridized carbons (Fsp3) is 0.395. The van der Waals surface area contributed by atoms with Gasteiger partial charge >= 0.3 is 0 Å². The quantitative estimate of drug-likeness (QED) is 0.0606. The third-order valence-corrected chi connectivity index (χ3v) is 10.2. The van der Waals surface area contributed by atoms with Crippen LogP contribution in [0, 0.1) is 0 Å². The predicted molar refractivity (Wildman–Crippen MR) is 203 cm³/mol. The monoisotopic (exact) mass is 720 g/mol. The van der Waals surface area contributed by atoms with Crippen LogP contribution in [-0.2, 0) is 38.8 Å². The molecule has 4 N–H and O–H groups in total. The maximum absolute atomic E-state index is 12.6. The number of hydrogen-bond acceptors (Lipinski definition) is 8. The summed E-state index contributed by atoms with van der Waals surface area (Å²) in [6.45, 7) is 6.26. The number of nitrogens with one attached hydrogen (secondary N) is 2. The van der Waals surface area contributed by atoms with Crippen molar-refractivity contribution in [2.45, 2.75) is 76.7 Å². The molecule has 2 fully saturated rings. The molecule has 2 aliphatic heterocycles. The topological polar surface area (TPSA) is 124 Å². The molecule has 0 radical (unpaired) electrons. The van der Waals surface area contributed by atoms with Crippen LogP contribution in [0.1, 0.15) is 78.7 Å². The van der Waals surface area contributed by atoms with Gasteiger partial charge in [0.25, 0.3) is 0 Å². The molecule has 2 amide bonds. The third-order valence-electron chi connectivity index (χ3n) is 10.2. The SMILES string of the molecule is O=C(CCCCCC(=O)NCc1ccccc1-c1ccc([C@H]2O[C@@H](CN3CCN(Cc4ccccc4)CC3)C[C@@H](c3ccc(CO)cc3)O2)cc1)NO. The summed E-state index contributed by atoms with van der Waals surface area (Å²) in [6, 6.07) is 35.1. The molecule has 53 heavy (non-hydrogen) atoms. The molecule has 0 bridgehead atoms. The van der Waals surface area contributed by atoms with Crippen molar-refractivity contribution in [2.24, 2.45) is 0 Å². The van der Waals surface area contributed by atoms with E-state index in [0.717, 1.165) is 85.5 Å². The van der Waals surface area contributed by atoms with E-state index in [1.54, 1.807) is 5.48 Å². The smallest absolute Gasteiger partial charge is 0.243 e. The highest BCUT2D eigenvalue weighted by atomic mass is 16.7. The van der Waals surface area contributed by atoms with Gasteiger partial charge < -0.3 is 19.9 Å². The third kappa shape index (κ3) is 11.3. The molecule has 2 heterocycles. The first-order valence-corrected chi connectivity index (χ1v) is 18.8. The summed E-state index contributed by atoms with van der Waals surface area (Å²) in [5, 5.41) is 21.3. The van der Waals surface area contributed by atoms with Crippen LogP contribution in [0.5, 0.6) is 0 Å². The van der Waals surface area contributed by atoms with E-state index in [4.69, 9.17) is 14.7 Å². The zero-order chi connectivity index (χ0) is 36.8. The van der Waals surface area contributed by atoms with E-state index >= 15 is 0 Å². The molecule has 280 valence electrons. The molecular formula is C43H52N4O6. The summed E-state index contributed by atoms with van der Waals surface area (Å²) >= 11 is 0. The Kier molecular flexibility index (Phi) is 14.2. The van der Waals surface area contributed by atoms with Crippen LogP contribution in [0.25, 0.3) is 11.1 Å². The molecule has 10 heteroatoms. The van der Waals surface area contributed by atoms with Gasteiger partial charge in [-0.3, -0.25) is 24.6 Å². The second-order valence-electron chi connectivity index (χ2n) is 14.1. The lowest BCUT2D eigenvalue weighted by molar-refractivity contribution is -0.253. The number of carbonyl (C=O) groups is 2. The second-order valence-corrected chi connectivity index (χ2v) is 14.1. The highest BCUT2D eigenvalue weighted by Crippen LogP contribution is 2.39. The van der Waals surface area contributed by atoms with E-state index in [1.807, 2.05) is 30.3 Å². The number of unbranched alkanes of at least 4 members (excludes halogenated alkanes) is 2. The molecule has 0 aromatic heterocycles. The van der Waals surface area contributed by atoms with E-state index in [2.05, 4.69) is 87.9 Å². The normalized spacial score (nSPS) is 19.5. The van der Waals surface area contributed by atoms with Crippen molar-refractivity contribution in [1.29, 1.82) is 0 Å². The van der Waals surface area contributed by atoms with Gasteiger partial charge in [-0.2, -0.15) is 0 Å². The molecule has 4 aromatic rings. The zero-order valence-corrected chi connectivity index (χ0v) is 30.4. The Morgan fingerprint density at radius 3 is 2.08 bits per heavy atom. The number of benzene rings is 4. The Morgan fingerprint density at radius 1 is 0.698 bits per heavy atom. The number of hydrogen-bond donors (Lipinski definition) is 4. The van der Waals surface area contributed by atoms with Gasteiger partial charge in [-0.1, -0.05) is 110 Å². The van der Waals surface area contributed by atoms with Crippen molar-refractivity contribution >= 4 is 11.8 Å². The summed E-state index contributed by atoms with van der Waals surface area (Å²) < 4.78 is 13.3. The van der Waals surface area contributed by atoms with Crippen molar-refractivity contribution in [1.82, 2.24) is 20.6 Å². The lowest BCUT2D eigenvalue weighted by Gasteiger charge is -2.40. The van der Waals surface area contributed by atoms with Crippen LogP contribution in [0.2, 0.25) is 0 Å². The van der Waals surface area contributed by atoms with Crippen LogP contribution in [0.15, 0.2) is 103 Å². The number of piperazine rings is 1. The number of nitrogens with zero attached hydrogens (tertiary/aromatic N) is 2. The highest BCUT2D eigenvalue weighted by Gasteiger charge is 2.34. The van der Waals surface area contributed by atoms with Gasteiger partial charge in [0, 0.05) is 70.6 Å². The van der Waals surface area contributed by atoms with E-state index < -0.39 is 12.2 Å². The summed E-state index contributed by atoms with van der Waals surface area (Å²) in [4.78, 5) is 28.8. The number of aliphatic hydroxyl groups excluding tert-OH is 1. The minimum absolute atomic E-state index is 0.00725. The fourth-order valence-corrected chi connectivity index (χ4v) is 7.15. The van der Waals surface area contributed by atoms with E-state index in [1.165, 1.54) is 5.56 Å². The van der Waals surface area contributed by atoms with Crippen molar-refractivity contribution in [3.8, 4) is 11.1 Å². The molecule has 0 saturated carbocycles. The molecule has 0 aliphatic carbocycles. The van der Waals surface area contributed by atoms with Crippen LogP contribution < -0.4 is 10.8 Å². The van der Waals surface area contributed by atoms with Gasteiger partial charge in [-0.25, -0.2) is 5.48 Å². The predicted octanol–water partition coefficient (Wildman–Crippen LogP) is 6.28. The molecule has 10 nitrogen and oxygen atoms in total. The molecule has 3 atom stereocenters. The highest BCUT2D eigenvalue weighted by molar-refractivity contribution is 5.76. The Morgan fingerprint density at radius 2 is 1.36 bits per heavy atom. The average Bonchev–Trinajstić information content (AvgIpc) is 3.21. The molecule has 6 rings (SSSR count). The van der Waals surface area contributed by atoms with Crippen molar-refractivity contribution in [3.05, 3.63) is 131 Å². The maximum atomic E-state index is 12.6. The molecule has 4 aromatic carbocycles. The van der Waals surface area contributed by atoms with Crippen molar-refractivity contribution < 1.29 is 29.4 Å². The van der Waals surface area contributed by atoms with Crippen molar-refractivity contribution in [3.63, 3.8) is 0 Å². The summed E-state index contributed by atoms with van der Waals surface area (Å²) in [5.74, 6) is -0.436. The van der Waals surface area contributed by atoms with Gasteiger partial charge in [0.15, 0.2) is 6.29 Å². The van der Waals surface area contributed by atoms with E-state index in [0.29, 0.717) is 25.8 Å². The molecule has 0 unspecified atom stereocenters. The number of hydroxylamine groups is 1. The van der Waals surface area contributed by atoms with Crippen LogP contribution >= 0.6 is 0 Å². The average molecular weight is 721 g/mol. The van der Waals surface area contributed by atoms with Crippen LogP contribution in [0.4, 0.5) is 0 Å². The summed E-state index contributed by atoms with van der Waals surface area (Å²) in [5.41, 5.74) is 8.99. The standard InChI is InChI=1S/C43H52N4O6/c48-31-33-15-17-35(18-16-33)40-27-38(30-47-25-23-46(24-26-47)29-32-9-3-1-4-10-32)52-43(53-40)36-21-19-34(20-22-36)39-12-8-7-11-37(39)28-44-41(49)13-5-2-6-14-42(50)45-51/h1,3-4,7-12,15-22,38,40,43,48,51H,2,5-6,13-14,23-31H2,(H,44,49)(H,45,50)/t38-,40+,43+/m1/s1. The fourth-order valence-electron chi connectivity index (χ4n) is 7.15. The van der Waals surface area contributed by atoms with Gasteiger partial charge in [-0.15, -0.1) is 0 Å². The molecular weight excluding hydrogens is 668 g/mol. The number of carbonyl (C=O) groups excluding carboxylic acids is 2. The largest absolute Gasteiger partial charge is 0.392 e. The summed E-state index contributed by atoms with van der Waals surface area (Å²) in [7, 11) is 0. The Bertz CT molecular complexity index is 1730. The van der Waals surface area contributed by atoms with Crippen molar-refractivity contribution in [2.75, 3.05) is 32.7 Å². The minimum atomic E-state index is -0.530. The lowest BCUT2D eigenvalue weighted by Crippen LogP contribution is -2.49. The molecule has 2 saturated heterocycles. The molecule has 0 spiro atoms. The number of aliphatic hydroxyl groups is 1. The zero-order valence-electron chi connectivity index (χ0n) is 30.4. The van der Waals surface area contributed by atoms with E-state index in [-0.39, 0.29) is 31.1 Å². The number of ether oxygens (including phenoxy) is 2. The minimum Gasteiger partial charge on any atom is -0.392 e. The second kappa shape index (κ2) is 19.6. The van der Waals surface area contributed by atoms with E-state index in [9.17, 15) is 14.7 Å². The van der Waals surface area contributed by atoms with Gasteiger partial charge in [0.2, 0.25) is 11.8 Å².